The van der Waals surface area contributed by atoms with Crippen LogP contribution in [0.4, 0.5) is 0 Å². The third-order valence-electron chi connectivity index (χ3n) is 24.7. The van der Waals surface area contributed by atoms with Crippen molar-refractivity contribution in [3.63, 3.8) is 0 Å². The molecule has 11 aliphatic rings. The fourth-order valence-electron chi connectivity index (χ4n) is 18.9. The lowest BCUT2D eigenvalue weighted by Crippen LogP contribution is -2.72. The number of aliphatic hydroxyl groups excluding tert-OH is 19. The van der Waals surface area contributed by atoms with Gasteiger partial charge in [0.15, 0.2) is 37.6 Å². The molecule has 552 valence electrons. The zero-order valence-corrected chi connectivity index (χ0v) is 54.5. The van der Waals surface area contributed by atoms with Gasteiger partial charge < -0.3 is 159 Å². The Kier molecular flexibility index (Phi) is 21.8. The zero-order valence-electron chi connectivity index (χ0n) is 54.5. The molecule has 0 aromatic heterocycles. The molecular weight excluding hydrogens is 1280 g/mol. The van der Waals surface area contributed by atoms with Gasteiger partial charge in [-0.05, 0) is 97.7 Å². The fraction of sp³-hybridized carbons (Fsp3) is 0.952. The Labute approximate surface area is 553 Å². The molecule has 0 radical (unpaired) electrons. The normalized spacial score (nSPS) is 54.0. The second-order valence-corrected chi connectivity index (χ2v) is 30.7. The maximum atomic E-state index is 15.6. The van der Waals surface area contributed by atoms with E-state index in [-0.39, 0.29) is 25.2 Å². The van der Waals surface area contributed by atoms with Gasteiger partial charge in [0.2, 0.25) is 6.29 Å². The molecule has 0 spiro atoms. The molecule has 20 N–H and O–H groups in total. The molecule has 11 rings (SSSR count). The van der Waals surface area contributed by atoms with Crippen LogP contribution in [0.15, 0.2) is 11.6 Å². The molecule has 6 aliphatic heterocycles. The molecule has 0 aromatic rings. The van der Waals surface area contributed by atoms with Gasteiger partial charge >= 0.3 is 5.97 Å². The predicted molar refractivity (Wildman–Crippen MR) is 314 cm³/mol. The van der Waals surface area contributed by atoms with Gasteiger partial charge in [0.05, 0.1) is 77.3 Å². The molecule has 0 aromatic carbocycles. The Hall–Kier alpha value is -2.03. The number of carbonyl (C=O) groups excluding carboxylic acids is 1. The van der Waals surface area contributed by atoms with Crippen LogP contribution in [0.25, 0.3) is 0 Å². The van der Waals surface area contributed by atoms with Gasteiger partial charge in [-0.25, -0.2) is 0 Å². The number of hydrogen-bond donors (Lipinski definition) is 20. The van der Waals surface area contributed by atoms with Gasteiger partial charge in [-0.1, -0.05) is 46.3 Å². The summed E-state index contributed by atoms with van der Waals surface area (Å²) in [5.74, 6) is -2.53. The van der Waals surface area contributed by atoms with Crippen LogP contribution in [0.1, 0.15) is 92.9 Å². The summed E-state index contributed by atoms with van der Waals surface area (Å²) < 4.78 is 70.3. The Bertz CT molecular complexity index is 2710. The van der Waals surface area contributed by atoms with E-state index in [1.54, 1.807) is 0 Å². The van der Waals surface area contributed by atoms with Gasteiger partial charge in [-0.2, -0.15) is 0 Å². The van der Waals surface area contributed by atoms with E-state index in [1.165, 1.54) is 6.92 Å². The highest BCUT2D eigenvalue weighted by molar-refractivity contribution is 5.80. The Morgan fingerprint density at radius 2 is 1.11 bits per heavy atom. The van der Waals surface area contributed by atoms with Crippen LogP contribution in [0.3, 0.4) is 0 Å². The molecule has 36 atom stereocenters. The van der Waals surface area contributed by atoms with E-state index in [0.29, 0.717) is 32.1 Å². The van der Waals surface area contributed by atoms with Crippen LogP contribution in [0, 0.1) is 50.2 Å². The van der Waals surface area contributed by atoms with E-state index >= 15 is 4.79 Å². The number of allylic oxidation sites excluding steroid dienone is 2. The van der Waals surface area contributed by atoms with Crippen LogP contribution < -0.4 is 0 Å². The smallest absolute Gasteiger partial charge is 0.317 e. The van der Waals surface area contributed by atoms with Gasteiger partial charge in [0.25, 0.3) is 0 Å². The monoisotopic (exact) mass is 1390 g/mol. The quantitative estimate of drug-likeness (QED) is 0.0365. The molecule has 33 heteroatoms. The predicted octanol–water partition coefficient (Wildman–Crippen LogP) is -7.55. The third kappa shape index (κ3) is 12.3. The average molecular weight is 1390 g/mol. The summed E-state index contributed by atoms with van der Waals surface area (Å²) in [7, 11) is 0. The number of carbonyl (C=O) groups is 1. The summed E-state index contributed by atoms with van der Waals surface area (Å²) in [5.41, 5.74) is -7.41. The third-order valence-corrected chi connectivity index (χ3v) is 24.7. The van der Waals surface area contributed by atoms with Crippen LogP contribution in [-0.4, -0.2) is 339 Å². The first-order chi connectivity index (χ1) is 45.1. The minimum atomic E-state index is -2.09. The van der Waals surface area contributed by atoms with Gasteiger partial charge in [-0.15, -0.1) is 0 Å². The van der Waals surface area contributed by atoms with E-state index < -0.39 is 281 Å². The molecule has 4 saturated carbocycles. The summed E-state index contributed by atoms with van der Waals surface area (Å²) in [6.45, 7) is 6.04. The number of rotatable bonds is 17. The Morgan fingerprint density at radius 1 is 0.531 bits per heavy atom. The molecule has 6 saturated heterocycles. The lowest BCUT2D eigenvalue weighted by Gasteiger charge is -2.72. The largest absolute Gasteiger partial charge is 0.432 e. The second-order valence-electron chi connectivity index (χ2n) is 30.7. The van der Waals surface area contributed by atoms with Crippen molar-refractivity contribution in [3.05, 3.63) is 11.6 Å². The highest BCUT2D eigenvalue weighted by atomic mass is 16.8. The molecule has 96 heavy (non-hydrogen) atoms. The van der Waals surface area contributed by atoms with Crippen molar-refractivity contribution in [1.82, 2.24) is 0 Å². The topological polar surface area (TPSA) is 532 Å². The number of aliphatic hydroxyl groups is 20. The fourth-order valence-corrected chi connectivity index (χ4v) is 18.9. The van der Waals surface area contributed by atoms with Crippen molar-refractivity contribution >= 4 is 5.97 Å². The first kappa shape index (κ1) is 75.1. The number of esters is 1. The maximum Gasteiger partial charge on any atom is 0.317 e. The van der Waals surface area contributed by atoms with Crippen molar-refractivity contribution in [3.8, 4) is 0 Å². The lowest BCUT2D eigenvalue weighted by molar-refractivity contribution is -0.377. The second kappa shape index (κ2) is 27.9. The van der Waals surface area contributed by atoms with Gasteiger partial charge in [0.1, 0.15) is 115 Å². The SMILES string of the molecule is C[C@@H]1O[C@@H](O[C@H]2[C@H](OC(=O)[C@]34CCC(C)(C)C[C@H]3C3=CCC5[C@@]6(C)C[C@H](O)[C@H](O[C@@H]7O[C@H](CO)[C@@H](O)[C@H](O[C@@H]8O[C@H](CO)[C@@H](O)[C@H](O)[C@H]8O)[C@H]7O)C(CO)(CO)C6CC[C@@]5(C)[C@]3(C)C[C@H]4O)OC[C@H](O)[C@@H]2O)[C@H](O)[C@H](O)[C@H]1O[C@@H]1OC[C@@H](O)[C@H](O[C@@H]2OC[C@](O)(CO)[C@H]2O)[C@H]1O. The van der Waals surface area contributed by atoms with Crippen molar-refractivity contribution in [1.29, 1.82) is 0 Å². The molecule has 5 aliphatic carbocycles. The standard InChI is InChI=1S/C63H102O33/c1-24-44(91-50-42(80)45(29(71)19-85-50)92-55-48(82)62(84,22-68)23-87-55)39(77)41(79)51(88-24)94-47-35(73)28(70)18-86-54(47)96-56(83)63-12-11-57(2,3)13-26(63)25-7-8-32-58(4)14-27(69)49(61(20-66,21-67)33(58)9-10-59(32,5)60(25,6)15-34(63)72)95-53-43(81)46(37(75)31(17-65)90-53)93-52-40(78)38(76)36(74)30(16-64)89-52/h7,24,26-55,64-82,84H,8-23H2,1-6H3/t24-,26-,27-,28-,29+,30+,31+,32?,33?,34+,35-,36+,37+,38-,39-,40+,41+,42+,43+,44-,45-,46-,47+,48-,49-,50-,51-,52-,53-,54-,55-,58+,59+,60+,62+,63+/m0/s1. The Balaban J connectivity index is 0.804. The molecular formula is C63H102O33. The van der Waals surface area contributed by atoms with Crippen molar-refractivity contribution in [2.45, 2.75) is 271 Å². The van der Waals surface area contributed by atoms with Crippen molar-refractivity contribution in [2.75, 3.05) is 52.9 Å². The molecule has 10 fully saturated rings. The Morgan fingerprint density at radius 3 is 1.76 bits per heavy atom. The lowest BCUT2D eigenvalue weighted by atomic mass is 9.33. The van der Waals surface area contributed by atoms with Crippen LogP contribution in [0.5, 0.6) is 0 Å². The van der Waals surface area contributed by atoms with Crippen LogP contribution in [-0.2, 0) is 61.6 Å². The zero-order chi connectivity index (χ0) is 70.1. The number of fused-ring (bicyclic) bond motifs is 7. The van der Waals surface area contributed by atoms with E-state index in [0.717, 1.165) is 5.57 Å². The number of ether oxygens (including phenoxy) is 12. The maximum absolute atomic E-state index is 15.6. The molecule has 0 amide bonds. The first-order valence-corrected chi connectivity index (χ1v) is 33.4. The number of hydrogen-bond acceptors (Lipinski definition) is 33. The van der Waals surface area contributed by atoms with E-state index in [1.807, 2.05) is 6.92 Å². The summed E-state index contributed by atoms with van der Waals surface area (Å²) in [5, 5.41) is 222. The summed E-state index contributed by atoms with van der Waals surface area (Å²) in [6.07, 6.45) is -43.6. The van der Waals surface area contributed by atoms with Gasteiger partial charge in [0, 0.05) is 5.41 Å². The summed E-state index contributed by atoms with van der Waals surface area (Å²) in [6, 6.07) is 0. The van der Waals surface area contributed by atoms with E-state index in [9.17, 15) is 102 Å². The summed E-state index contributed by atoms with van der Waals surface area (Å²) >= 11 is 0. The molecule has 0 bridgehead atoms. The molecule has 33 nitrogen and oxygen atoms in total. The van der Waals surface area contributed by atoms with E-state index in [2.05, 4.69) is 33.8 Å². The highest BCUT2D eigenvalue weighted by Crippen LogP contribution is 2.76. The average Bonchev–Trinajstić information content (AvgIpc) is 0.691. The molecule has 6 heterocycles. The minimum absolute atomic E-state index is 0.00569. The van der Waals surface area contributed by atoms with E-state index in [4.69, 9.17) is 56.8 Å². The van der Waals surface area contributed by atoms with Gasteiger partial charge in [-0.3, -0.25) is 4.79 Å². The van der Waals surface area contributed by atoms with Crippen LogP contribution in [0.2, 0.25) is 0 Å². The first-order valence-electron chi connectivity index (χ1n) is 33.4. The van der Waals surface area contributed by atoms with Crippen molar-refractivity contribution in [2.24, 2.45) is 50.2 Å². The van der Waals surface area contributed by atoms with Crippen molar-refractivity contribution < 1.29 is 164 Å². The molecule has 2 unspecified atom stereocenters. The summed E-state index contributed by atoms with van der Waals surface area (Å²) in [4.78, 5) is 15.6. The highest BCUT2D eigenvalue weighted by Gasteiger charge is 2.74. The van der Waals surface area contributed by atoms with Crippen LogP contribution >= 0.6 is 0 Å². The minimum Gasteiger partial charge on any atom is -0.432 e.